The molecule has 5 nitrogen and oxygen atoms in total. The molecule has 0 radical (unpaired) electrons. The highest BCUT2D eigenvalue weighted by atomic mass is 32.2. The van der Waals surface area contributed by atoms with Crippen molar-refractivity contribution in [3.8, 4) is 17.2 Å². The minimum atomic E-state index is -0.0356. The van der Waals surface area contributed by atoms with Crippen LogP contribution in [0.3, 0.4) is 0 Å². The summed E-state index contributed by atoms with van der Waals surface area (Å²) in [5.41, 5.74) is 1.80. The van der Waals surface area contributed by atoms with Gasteiger partial charge in [-0.1, -0.05) is 12.1 Å². The Morgan fingerprint density at radius 2 is 2.08 bits per heavy atom. The molecule has 0 bridgehead atoms. The zero-order valence-electron chi connectivity index (χ0n) is 14.4. The fourth-order valence-corrected chi connectivity index (χ4v) is 4.04. The maximum atomic E-state index is 12.7. The zero-order valence-corrected chi connectivity index (χ0v) is 15.3. The molecule has 0 unspecified atom stereocenters. The largest absolute Gasteiger partial charge is 0.493 e. The predicted molar refractivity (Wildman–Crippen MR) is 103 cm³/mol. The summed E-state index contributed by atoms with van der Waals surface area (Å²) in [6, 6.07) is 11.7. The number of ether oxygens (including phenoxy) is 3. The molecule has 2 aliphatic rings. The van der Waals surface area contributed by atoms with E-state index in [9.17, 15) is 4.79 Å². The van der Waals surface area contributed by atoms with Gasteiger partial charge in [-0.15, -0.1) is 11.8 Å². The predicted octanol–water partition coefficient (Wildman–Crippen LogP) is 3.62. The van der Waals surface area contributed by atoms with Crippen molar-refractivity contribution < 1.29 is 19.0 Å². The number of hydrogen-bond acceptors (Lipinski definition) is 5. The highest BCUT2D eigenvalue weighted by Crippen LogP contribution is 2.40. The van der Waals surface area contributed by atoms with Crippen molar-refractivity contribution in [1.82, 2.24) is 0 Å². The summed E-state index contributed by atoms with van der Waals surface area (Å²) in [6.45, 7) is 1.71. The summed E-state index contributed by atoms with van der Waals surface area (Å²) in [7, 11) is 1.59. The summed E-state index contributed by atoms with van der Waals surface area (Å²) in [5, 5.41) is 0. The van der Waals surface area contributed by atoms with Gasteiger partial charge in [-0.2, -0.15) is 0 Å². The van der Waals surface area contributed by atoms with E-state index in [1.807, 2.05) is 35.2 Å². The Morgan fingerprint density at radius 1 is 1.23 bits per heavy atom. The van der Waals surface area contributed by atoms with E-state index in [-0.39, 0.29) is 5.91 Å². The number of hydrogen-bond donors (Lipinski definition) is 0. The van der Waals surface area contributed by atoms with E-state index < -0.39 is 0 Å². The highest BCUT2D eigenvalue weighted by molar-refractivity contribution is 7.99. The van der Waals surface area contributed by atoms with Crippen molar-refractivity contribution in [2.75, 3.05) is 37.5 Å². The number of rotatable bonds is 3. The molecule has 134 valence electrons. The normalized spacial score (nSPS) is 15.7. The molecule has 2 aromatic carbocycles. The number of carbonyl (C=O) groups excluding carboxylic acids is 1. The first-order chi connectivity index (χ1) is 12.8. The smallest absolute Gasteiger partial charge is 0.251 e. The van der Waals surface area contributed by atoms with Crippen molar-refractivity contribution >= 4 is 29.4 Å². The van der Waals surface area contributed by atoms with Gasteiger partial charge >= 0.3 is 0 Å². The van der Waals surface area contributed by atoms with Gasteiger partial charge in [0.2, 0.25) is 5.75 Å². The maximum absolute atomic E-state index is 12.7. The Hall–Kier alpha value is -2.60. The van der Waals surface area contributed by atoms with Gasteiger partial charge in [-0.25, -0.2) is 0 Å². The van der Waals surface area contributed by atoms with Crippen molar-refractivity contribution in [1.29, 1.82) is 0 Å². The summed E-state index contributed by atoms with van der Waals surface area (Å²) in [5.74, 6) is 2.72. The maximum Gasteiger partial charge on any atom is 0.251 e. The van der Waals surface area contributed by atoms with Gasteiger partial charge in [0.25, 0.3) is 5.91 Å². The van der Waals surface area contributed by atoms with Gasteiger partial charge in [0.05, 0.1) is 12.8 Å². The molecule has 2 aliphatic heterocycles. The third-order valence-electron chi connectivity index (χ3n) is 4.26. The second kappa shape index (κ2) is 7.33. The molecule has 0 aromatic heterocycles. The number of carbonyl (C=O) groups is 1. The summed E-state index contributed by atoms with van der Waals surface area (Å²) in [6.07, 6.45) is 3.38. The quantitative estimate of drug-likeness (QED) is 0.774. The van der Waals surface area contributed by atoms with Crippen LogP contribution in [0.15, 0.2) is 47.4 Å². The summed E-state index contributed by atoms with van der Waals surface area (Å²) >= 11 is 1.78. The third kappa shape index (κ3) is 3.24. The number of fused-ring (bicyclic) bond motifs is 2. The highest BCUT2D eigenvalue weighted by Gasteiger charge is 2.21. The van der Waals surface area contributed by atoms with E-state index >= 15 is 0 Å². The van der Waals surface area contributed by atoms with E-state index in [0.29, 0.717) is 37.0 Å². The average molecular weight is 369 g/mol. The lowest BCUT2D eigenvalue weighted by atomic mass is 10.1. The van der Waals surface area contributed by atoms with E-state index in [1.165, 1.54) is 0 Å². The number of thioether (sulfide) groups is 1. The molecule has 0 fully saturated rings. The monoisotopic (exact) mass is 369 g/mol. The Kier molecular flexibility index (Phi) is 4.75. The topological polar surface area (TPSA) is 48.0 Å². The van der Waals surface area contributed by atoms with Gasteiger partial charge in [0.1, 0.15) is 13.2 Å². The number of amides is 1. The van der Waals surface area contributed by atoms with Crippen LogP contribution in [0, 0.1) is 0 Å². The molecule has 2 heterocycles. The van der Waals surface area contributed by atoms with Gasteiger partial charge in [-0.3, -0.25) is 4.79 Å². The molecular weight excluding hydrogens is 350 g/mol. The molecule has 2 aromatic rings. The fourth-order valence-electron chi connectivity index (χ4n) is 3.05. The lowest BCUT2D eigenvalue weighted by Gasteiger charge is -2.28. The second-order valence-electron chi connectivity index (χ2n) is 5.89. The molecule has 0 atom stereocenters. The van der Waals surface area contributed by atoms with E-state index in [1.54, 1.807) is 31.0 Å². The minimum Gasteiger partial charge on any atom is -0.493 e. The van der Waals surface area contributed by atoms with Crippen LogP contribution in [0.1, 0.15) is 5.56 Å². The van der Waals surface area contributed by atoms with Crippen molar-refractivity contribution in [2.24, 2.45) is 0 Å². The fraction of sp³-hybridized carbons (Fsp3) is 0.250. The van der Waals surface area contributed by atoms with Crippen LogP contribution >= 0.6 is 11.8 Å². The standard InChI is InChI=1S/C20H19NO4S/c1-23-16-12-14(13-17-20(16)25-10-9-24-17)6-7-19(22)21-8-11-26-18-5-3-2-4-15(18)21/h2-7,12-13H,8-11H2,1H3/b7-6+. The van der Waals surface area contributed by atoms with Crippen molar-refractivity contribution in [3.05, 3.63) is 48.0 Å². The van der Waals surface area contributed by atoms with Crippen LogP contribution in [0.4, 0.5) is 5.69 Å². The van der Waals surface area contributed by atoms with Crippen LogP contribution in [0.25, 0.3) is 6.08 Å². The second-order valence-corrected chi connectivity index (χ2v) is 7.02. The van der Waals surface area contributed by atoms with Gasteiger partial charge in [0.15, 0.2) is 11.5 Å². The van der Waals surface area contributed by atoms with E-state index in [2.05, 4.69) is 6.07 Å². The Bertz CT molecular complexity index is 848. The lowest BCUT2D eigenvalue weighted by Crippen LogP contribution is -2.34. The Balaban J connectivity index is 1.58. The van der Waals surface area contributed by atoms with Crippen molar-refractivity contribution in [3.63, 3.8) is 0 Å². The van der Waals surface area contributed by atoms with Crippen molar-refractivity contribution in [2.45, 2.75) is 4.90 Å². The third-order valence-corrected chi connectivity index (χ3v) is 5.31. The van der Waals surface area contributed by atoms with Crippen LogP contribution in [0.5, 0.6) is 17.2 Å². The first kappa shape index (κ1) is 16.8. The molecule has 4 rings (SSSR count). The first-order valence-electron chi connectivity index (χ1n) is 8.45. The molecule has 0 aliphatic carbocycles. The number of benzene rings is 2. The molecule has 1 amide bonds. The molecule has 0 N–H and O–H groups in total. The number of nitrogens with zero attached hydrogens (tertiary/aromatic N) is 1. The zero-order chi connectivity index (χ0) is 17.9. The van der Waals surface area contributed by atoms with E-state index in [0.717, 1.165) is 21.9 Å². The summed E-state index contributed by atoms with van der Waals surface area (Å²) in [4.78, 5) is 15.7. The Labute approximate surface area is 156 Å². The first-order valence-corrected chi connectivity index (χ1v) is 9.44. The van der Waals surface area contributed by atoms with Crippen LogP contribution in [-0.2, 0) is 4.79 Å². The van der Waals surface area contributed by atoms with Gasteiger partial charge in [-0.05, 0) is 35.9 Å². The molecular formula is C20H19NO4S. The average Bonchev–Trinajstić information content (AvgIpc) is 2.70. The Morgan fingerprint density at radius 3 is 2.96 bits per heavy atom. The van der Waals surface area contributed by atoms with Crippen LogP contribution < -0.4 is 19.1 Å². The number of methoxy groups -OCH3 is 1. The number of para-hydroxylation sites is 1. The lowest BCUT2D eigenvalue weighted by molar-refractivity contribution is -0.114. The molecule has 26 heavy (non-hydrogen) atoms. The molecule has 6 heteroatoms. The summed E-state index contributed by atoms with van der Waals surface area (Å²) < 4.78 is 16.6. The minimum absolute atomic E-state index is 0.0356. The number of anilines is 1. The van der Waals surface area contributed by atoms with Gasteiger partial charge in [0, 0.05) is 23.3 Å². The van der Waals surface area contributed by atoms with E-state index in [4.69, 9.17) is 14.2 Å². The SMILES string of the molecule is COc1cc(/C=C/C(=O)N2CCSc3ccccc32)cc2c1OCCO2. The molecule has 0 saturated carbocycles. The van der Waals surface area contributed by atoms with Crippen LogP contribution in [0.2, 0.25) is 0 Å². The van der Waals surface area contributed by atoms with Crippen LogP contribution in [-0.4, -0.2) is 38.5 Å². The molecule has 0 saturated heterocycles. The van der Waals surface area contributed by atoms with Gasteiger partial charge < -0.3 is 19.1 Å². The molecule has 0 spiro atoms.